The molecule has 3 rings (SSSR count). The Labute approximate surface area is 101 Å². The highest BCUT2D eigenvalue weighted by molar-refractivity contribution is 5.52. The maximum Gasteiger partial charge on any atom is 0.138 e. The van der Waals surface area contributed by atoms with E-state index in [0.717, 1.165) is 37.5 Å². The molecule has 3 heterocycles. The molecule has 0 amide bonds. The maximum atomic E-state index is 4.51. The number of hydrogen-bond donors (Lipinski definition) is 1. The smallest absolute Gasteiger partial charge is 0.138 e. The van der Waals surface area contributed by atoms with Crippen LogP contribution >= 0.6 is 0 Å². The zero-order chi connectivity index (χ0) is 11.7. The molecule has 0 atom stereocenters. The summed E-state index contributed by atoms with van der Waals surface area (Å²) in [6.45, 7) is 6.40. The van der Waals surface area contributed by atoms with Crippen molar-refractivity contribution in [3.8, 4) is 0 Å². The molecule has 90 valence electrons. The van der Waals surface area contributed by atoms with Crippen molar-refractivity contribution in [2.45, 2.75) is 13.3 Å². The molecule has 0 spiro atoms. The van der Waals surface area contributed by atoms with Crippen molar-refractivity contribution >= 4 is 11.5 Å². The van der Waals surface area contributed by atoms with E-state index in [1.807, 2.05) is 6.92 Å². The highest BCUT2D eigenvalue weighted by Crippen LogP contribution is 2.18. The summed E-state index contributed by atoms with van der Waals surface area (Å²) in [5.41, 5.74) is 2.11. The predicted molar refractivity (Wildman–Crippen MR) is 69.6 cm³/mol. The molecule has 0 aromatic carbocycles. The third kappa shape index (κ3) is 2.00. The van der Waals surface area contributed by atoms with E-state index in [0.29, 0.717) is 0 Å². The van der Waals surface area contributed by atoms with Crippen molar-refractivity contribution in [2.24, 2.45) is 0 Å². The van der Waals surface area contributed by atoms with Crippen LogP contribution in [0.25, 0.3) is 5.65 Å². The number of aromatic nitrogens is 2. The molecular weight excluding hydrogens is 212 g/mol. The van der Waals surface area contributed by atoms with Crippen molar-refractivity contribution in [3.63, 3.8) is 0 Å². The number of hydrogen-bond acceptors (Lipinski definition) is 3. The Morgan fingerprint density at radius 1 is 1.24 bits per heavy atom. The molecule has 1 N–H and O–H groups in total. The first-order valence-corrected chi connectivity index (χ1v) is 6.25. The Hall–Kier alpha value is -1.55. The standard InChI is InChI=1S/C13H18N4/c1-11-10-17-12(15-11)4-2-5-13(17)16-8-3-6-14-7-9-16/h2,4-5,10,14H,3,6-9H2,1H3. The second-order valence-corrected chi connectivity index (χ2v) is 4.59. The molecule has 2 aromatic heterocycles. The van der Waals surface area contributed by atoms with Crippen LogP contribution in [0.4, 0.5) is 5.82 Å². The first kappa shape index (κ1) is 10.6. The van der Waals surface area contributed by atoms with E-state index in [4.69, 9.17) is 0 Å². The van der Waals surface area contributed by atoms with Crippen molar-refractivity contribution < 1.29 is 0 Å². The first-order valence-electron chi connectivity index (χ1n) is 6.25. The molecule has 0 bridgehead atoms. The van der Waals surface area contributed by atoms with Crippen LogP contribution in [0.5, 0.6) is 0 Å². The van der Waals surface area contributed by atoms with E-state index in [2.05, 4.69) is 44.0 Å². The normalized spacial score (nSPS) is 17.4. The Morgan fingerprint density at radius 2 is 2.18 bits per heavy atom. The van der Waals surface area contributed by atoms with Gasteiger partial charge in [0.05, 0.1) is 5.69 Å². The van der Waals surface area contributed by atoms with E-state index in [1.165, 1.54) is 12.2 Å². The lowest BCUT2D eigenvalue weighted by molar-refractivity contribution is 0.724. The fraction of sp³-hybridized carbons (Fsp3) is 0.462. The molecule has 17 heavy (non-hydrogen) atoms. The average molecular weight is 230 g/mol. The lowest BCUT2D eigenvalue weighted by atomic mass is 10.3. The number of fused-ring (bicyclic) bond motifs is 1. The minimum absolute atomic E-state index is 1.04. The lowest BCUT2D eigenvalue weighted by Gasteiger charge is -2.23. The number of imidazole rings is 1. The van der Waals surface area contributed by atoms with Gasteiger partial charge in [-0.15, -0.1) is 0 Å². The van der Waals surface area contributed by atoms with E-state index >= 15 is 0 Å². The minimum atomic E-state index is 1.04. The molecule has 2 aromatic rings. The van der Waals surface area contributed by atoms with Gasteiger partial charge in [-0.1, -0.05) is 6.07 Å². The molecule has 1 aliphatic heterocycles. The molecule has 4 nitrogen and oxygen atoms in total. The van der Waals surface area contributed by atoms with Gasteiger partial charge in [-0.25, -0.2) is 4.98 Å². The summed E-state index contributed by atoms with van der Waals surface area (Å²) >= 11 is 0. The predicted octanol–water partition coefficient (Wildman–Crippen LogP) is 1.44. The Balaban J connectivity index is 2.03. The van der Waals surface area contributed by atoms with Crippen molar-refractivity contribution in [1.82, 2.24) is 14.7 Å². The summed E-state index contributed by atoms with van der Waals surface area (Å²) in [6, 6.07) is 6.33. The van der Waals surface area contributed by atoms with Gasteiger partial charge in [0.25, 0.3) is 0 Å². The average Bonchev–Trinajstić information content (AvgIpc) is 2.55. The van der Waals surface area contributed by atoms with Gasteiger partial charge in [0.15, 0.2) is 0 Å². The fourth-order valence-corrected chi connectivity index (χ4v) is 2.45. The Kier molecular flexibility index (Phi) is 2.73. The van der Waals surface area contributed by atoms with Crippen molar-refractivity contribution in [1.29, 1.82) is 0 Å². The highest BCUT2D eigenvalue weighted by atomic mass is 15.2. The molecule has 1 fully saturated rings. The molecule has 4 heteroatoms. The van der Waals surface area contributed by atoms with Crippen LogP contribution in [-0.2, 0) is 0 Å². The maximum absolute atomic E-state index is 4.51. The van der Waals surface area contributed by atoms with Gasteiger partial charge in [-0.05, 0) is 32.0 Å². The molecule has 0 radical (unpaired) electrons. The van der Waals surface area contributed by atoms with Gasteiger partial charge in [0.2, 0.25) is 0 Å². The zero-order valence-corrected chi connectivity index (χ0v) is 10.2. The number of nitrogens with zero attached hydrogens (tertiary/aromatic N) is 3. The van der Waals surface area contributed by atoms with Crippen molar-refractivity contribution in [3.05, 3.63) is 30.1 Å². The van der Waals surface area contributed by atoms with E-state index in [9.17, 15) is 0 Å². The number of aryl methyl sites for hydroxylation is 1. The monoisotopic (exact) mass is 230 g/mol. The second-order valence-electron chi connectivity index (χ2n) is 4.59. The summed E-state index contributed by atoms with van der Waals surface area (Å²) in [5.74, 6) is 1.26. The Morgan fingerprint density at radius 3 is 3.12 bits per heavy atom. The second kappa shape index (κ2) is 4.37. The molecule has 1 aliphatic rings. The molecule has 1 saturated heterocycles. The van der Waals surface area contributed by atoms with Gasteiger partial charge in [0.1, 0.15) is 11.5 Å². The van der Waals surface area contributed by atoms with Crippen LogP contribution in [0.3, 0.4) is 0 Å². The van der Waals surface area contributed by atoms with Gasteiger partial charge in [-0.2, -0.15) is 0 Å². The van der Waals surface area contributed by atoms with E-state index < -0.39 is 0 Å². The first-order chi connectivity index (χ1) is 8.34. The number of anilines is 1. The SMILES string of the molecule is Cc1cn2c(N3CCCNCC3)cccc2n1. The van der Waals surface area contributed by atoms with Crippen LogP contribution in [0, 0.1) is 6.92 Å². The summed E-state index contributed by atoms with van der Waals surface area (Å²) in [4.78, 5) is 6.95. The summed E-state index contributed by atoms with van der Waals surface area (Å²) in [6.07, 6.45) is 3.31. The third-order valence-corrected chi connectivity index (χ3v) is 3.26. The van der Waals surface area contributed by atoms with Crippen LogP contribution in [0.1, 0.15) is 12.1 Å². The van der Waals surface area contributed by atoms with Crippen LogP contribution in [-0.4, -0.2) is 35.6 Å². The number of pyridine rings is 1. The van der Waals surface area contributed by atoms with Gasteiger partial charge < -0.3 is 10.2 Å². The topological polar surface area (TPSA) is 32.6 Å². The summed E-state index contributed by atoms with van der Waals surface area (Å²) in [5, 5.41) is 3.43. The van der Waals surface area contributed by atoms with E-state index in [1.54, 1.807) is 0 Å². The molecule has 0 saturated carbocycles. The van der Waals surface area contributed by atoms with Gasteiger partial charge in [-0.3, -0.25) is 4.40 Å². The van der Waals surface area contributed by atoms with Crippen LogP contribution < -0.4 is 10.2 Å². The fourth-order valence-electron chi connectivity index (χ4n) is 2.45. The van der Waals surface area contributed by atoms with E-state index in [-0.39, 0.29) is 0 Å². The molecular formula is C13H18N4. The van der Waals surface area contributed by atoms with Gasteiger partial charge >= 0.3 is 0 Å². The zero-order valence-electron chi connectivity index (χ0n) is 10.2. The Bertz CT molecular complexity index is 509. The number of rotatable bonds is 1. The molecule has 0 unspecified atom stereocenters. The largest absolute Gasteiger partial charge is 0.356 e. The summed E-state index contributed by atoms with van der Waals surface area (Å²) < 4.78 is 2.20. The number of nitrogens with one attached hydrogen (secondary N) is 1. The quantitative estimate of drug-likeness (QED) is 0.804. The van der Waals surface area contributed by atoms with Gasteiger partial charge in [0, 0.05) is 25.8 Å². The summed E-state index contributed by atoms with van der Waals surface area (Å²) in [7, 11) is 0. The van der Waals surface area contributed by atoms with Crippen LogP contribution in [0.2, 0.25) is 0 Å². The minimum Gasteiger partial charge on any atom is -0.356 e. The third-order valence-electron chi connectivity index (χ3n) is 3.26. The van der Waals surface area contributed by atoms with Crippen LogP contribution in [0.15, 0.2) is 24.4 Å². The lowest BCUT2D eigenvalue weighted by Crippen LogP contribution is -2.29. The van der Waals surface area contributed by atoms with Crippen molar-refractivity contribution in [2.75, 3.05) is 31.1 Å². The molecule has 0 aliphatic carbocycles. The highest BCUT2D eigenvalue weighted by Gasteiger charge is 2.12.